The zero-order valence-corrected chi connectivity index (χ0v) is 13.9. The van der Waals surface area contributed by atoms with E-state index < -0.39 is 11.9 Å². The lowest BCUT2D eigenvalue weighted by molar-refractivity contribution is -0.121. The molecule has 0 aliphatic rings. The zero-order chi connectivity index (χ0) is 16.8. The molecule has 0 heterocycles. The number of nitrogens with one attached hydrogen (secondary N) is 2. The Balaban J connectivity index is 1.88. The average Bonchev–Trinajstić information content (AvgIpc) is 2.50. The number of amides is 3. The van der Waals surface area contributed by atoms with Gasteiger partial charge >= 0.3 is 6.03 Å². The van der Waals surface area contributed by atoms with Gasteiger partial charge in [0.1, 0.15) is 5.75 Å². The summed E-state index contributed by atoms with van der Waals surface area (Å²) in [4.78, 5) is 23.5. The van der Waals surface area contributed by atoms with Gasteiger partial charge in [-0.1, -0.05) is 53.0 Å². The van der Waals surface area contributed by atoms with Gasteiger partial charge in [0.05, 0.1) is 20.8 Å². The molecule has 2 aromatic rings. The number of hydrogen-bond donors (Lipinski definition) is 2. The van der Waals surface area contributed by atoms with Crippen LogP contribution in [-0.4, -0.2) is 18.5 Å². The maximum absolute atomic E-state index is 11.8. The second kappa shape index (κ2) is 8.06. The van der Waals surface area contributed by atoms with Crippen molar-refractivity contribution in [2.24, 2.45) is 0 Å². The van der Waals surface area contributed by atoms with E-state index in [0.29, 0.717) is 10.8 Å². The van der Waals surface area contributed by atoms with Crippen molar-refractivity contribution in [1.29, 1.82) is 0 Å². The maximum atomic E-state index is 11.8. The minimum atomic E-state index is -0.771. The quantitative estimate of drug-likeness (QED) is 0.836. The summed E-state index contributed by atoms with van der Waals surface area (Å²) in [5.41, 5.74) is 0.216. The van der Waals surface area contributed by atoms with Gasteiger partial charge in [-0.05, 0) is 24.3 Å². The third-order valence-electron chi connectivity index (χ3n) is 2.65. The fourth-order valence-electron chi connectivity index (χ4n) is 1.63. The minimum absolute atomic E-state index is 0.216. The molecule has 23 heavy (non-hydrogen) atoms. The molecule has 120 valence electrons. The minimum Gasteiger partial charge on any atom is -0.482 e. The number of carbonyl (C=O) groups excluding carboxylic acids is 2. The van der Waals surface area contributed by atoms with Crippen molar-refractivity contribution in [2.45, 2.75) is 0 Å². The van der Waals surface area contributed by atoms with Crippen molar-refractivity contribution in [3.63, 3.8) is 0 Å². The standard InChI is InChI=1S/C15H11Cl3N2O3/c16-9-4-1-2-7-12(9)23-8-13(21)19-15(22)20-14-10(17)5-3-6-11(14)18/h1-7H,8H2,(H2,19,20,21,22). The van der Waals surface area contributed by atoms with Gasteiger partial charge < -0.3 is 10.1 Å². The van der Waals surface area contributed by atoms with Gasteiger partial charge in [-0.3, -0.25) is 10.1 Å². The summed E-state index contributed by atoms with van der Waals surface area (Å²) in [6, 6.07) is 10.7. The number of anilines is 1. The third-order valence-corrected chi connectivity index (χ3v) is 3.59. The SMILES string of the molecule is O=C(COc1ccccc1Cl)NC(=O)Nc1c(Cl)cccc1Cl. The Morgan fingerprint density at radius 3 is 2.17 bits per heavy atom. The van der Waals surface area contributed by atoms with E-state index in [-0.39, 0.29) is 22.3 Å². The first kappa shape index (κ1) is 17.4. The van der Waals surface area contributed by atoms with Gasteiger partial charge in [0.15, 0.2) is 6.61 Å². The van der Waals surface area contributed by atoms with Gasteiger partial charge in [-0.2, -0.15) is 0 Å². The number of imide groups is 1. The summed E-state index contributed by atoms with van der Waals surface area (Å²) >= 11 is 17.7. The lowest BCUT2D eigenvalue weighted by Gasteiger charge is -2.10. The Bertz CT molecular complexity index is 717. The van der Waals surface area contributed by atoms with E-state index in [1.165, 1.54) is 0 Å². The summed E-state index contributed by atoms with van der Waals surface area (Å²) in [5.74, 6) is -0.301. The van der Waals surface area contributed by atoms with Gasteiger partial charge in [0, 0.05) is 0 Å². The summed E-state index contributed by atoms with van der Waals surface area (Å²) in [5, 5.41) is 5.38. The van der Waals surface area contributed by atoms with E-state index in [0.717, 1.165) is 0 Å². The molecule has 5 nitrogen and oxygen atoms in total. The van der Waals surface area contributed by atoms with Crippen molar-refractivity contribution in [3.05, 3.63) is 57.5 Å². The molecular weight excluding hydrogens is 363 g/mol. The van der Waals surface area contributed by atoms with Crippen LogP contribution >= 0.6 is 34.8 Å². The van der Waals surface area contributed by atoms with Crippen LogP contribution in [-0.2, 0) is 4.79 Å². The highest BCUT2D eigenvalue weighted by Crippen LogP contribution is 2.29. The van der Waals surface area contributed by atoms with Crippen LogP contribution in [0.25, 0.3) is 0 Å². The Hall–Kier alpha value is -1.95. The number of urea groups is 1. The summed E-state index contributed by atoms with van der Waals surface area (Å²) < 4.78 is 5.22. The van der Waals surface area contributed by atoms with Crippen LogP contribution in [0.2, 0.25) is 15.1 Å². The van der Waals surface area contributed by atoms with E-state index >= 15 is 0 Å². The highest BCUT2D eigenvalue weighted by molar-refractivity contribution is 6.39. The third kappa shape index (κ3) is 5.03. The Morgan fingerprint density at radius 1 is 0.913 bits per heavy atom. The van der Waals surface area contributed by atoms with Crippen LogP contribution in [0.4, 0.5) is 10.5 Å². The number of halogens is 3. The topological polar surface area (TPSA) is 67.4 Å². The molecule has 0 atom stereocenters. The molecule has 0 aromatic heterocycles. The molecule has 0 saturated heterocycles. The van der Waals surface area contributed by atoms with Crippen LogP contribution in [0.3, 0.4) is 0 Å². The molecule has 0 aliphatic heterocycles. The molecule has 0 fully saturated rings. The number of para-hydroxylation sites is 2. The van der Waals surface area contributed by atoms with Crippen LogP contribution in [0.1, 0.15) is 0 Å². The number of benzene rings is 2. The Kier molecular flexibility index (Phi) is 6.10. The summed E-state index contributed by atoms with van der Waals surface area (Å²) in [7, 11) is 0. The summed E-state index contributed by atoms with van der Waals surface area (Å²) in [6.07, 6.45) is 0. The van der Waals surface area contributed by atoms with E-state index in [9.17, 15) is 9.59 Å². The highest BCUT2D eigenvalue weighted by Gasteiger charge is 2.13. The van der Waals surface area contributed by atoms with Crippen LogP contribution in [0.5, 0.6) is 5.75 Å². The molecule has 3 amide bonds. The molecule has 2 N–H and O–H groups in total. The maximum Gasteiger partial charge on any atom is 0.326 e. The number of hydrogen-bond acceptors (Lipinski definition) is 3. The average molecular weight is 374 g/mol. The van der Waals surface area contributed by atoms with E-state index in [1.807, 2.05) is 0 Å². The van der Waals surface area contributed by atoms with Crippen LogP contribution in [0.15, 0.2) is 42.5 Å². The van der Waals surface area contributed by atoms with Crippen LogP contribution < -0.4 is 15.4 Å². The molecule has 8 heteroatoms. The predicted molar refractivity (Wildman–Crippen MR) is 90.6 cm³/mol. The zero-order valence-electron chi connectivity index (χ0n) is 11.6. The molecule has 0 spiro atoms. The van der Waals surface area contributed by atoms with Crippen molar-refractivity contribution < 1.29 is 14.3 Å². The first-order valence-electron chi connectivity index (χ1n) is 6.39. The lowest BCUT2D eigenvalue weighted by atomic mass is 10.3. The Labute approximate surface area is 147 Å². The van der Waals surface area contributed by atoms with Gasteiger partial charge in [-0.25, -0.2) is 4.79 Å². The van der Waals surface area contributed by atoms with Gasteiger partial charge in [0.25, 0.3) is 5.91 Å². The highest BCUT2D eigenvalue weighted by atomic mass is 35.5. The van der Waals surface area contributed by atoms with E-state index in [1.54, 1.807) is 42.5 Å². The second-order valence-electron chi connectivity index (χ2n) is 4.32. The van der Waals surface area contributed by atoms with E-state index in [2.05, 4.69) is 10.6 Å². The molecule has 0 bridgehead atoms. The molecule has 2 aromatic carbocycles. The molecule has 0 saturated carbocycles. The largest absolute Gasteiger partial charge is 0.482 e. The second-order valence-corrected chi connectivity index (χ2v) is 5.54. The normalized spacial score (nSPS) is 10.0. The van der Waals surface area contributed by atoms with Gasteiger partial charge in [0.2, 0.25) is 0 Å². The van der Waals surface area contributed by atoms with Crippen molar-refractivity contribution >= 4 is 52.4 Å². The van der Waals surface area contributed by atoms with Crippen LogP contribution in [0, 0.1) is 0 Å². The first-order chi connectivity index (χ1) is 11.0. The van der Waals surface area contributed by atoms with E-state index in [4.69, 9.17) is 39.5 Å². The van der Waals surface area contributed by atoms with Crippen molar-refractivity contribution in [1.82, 2.24) is 5.32 Å². The molecular formula is C15H11Cl3N2O3. The van der Waals surface area contributed by atoms with Crippen molar-refractivity contribution in [2.75, 3.05) is 11.9 Å². The molecule has 2 rings (SSSR count). The fraction of sp³-hybridized carbons (Fsp3) is 0.0667. The fourth-order valence-corrected chi connectivity index (χ4v) is 2.31. The summed E-state index contributed by atoms with van der Waals surface area (Å²) in [6.45, 7) is -0.368. The molecule has 0 unspecified atom stereocenters. The van der Waals surface area contributed by atoms with Crippen molar-refractivity contribution in [3.8, 4) is 5.75 Å². The Morgan fingerprint density at radius 2 is 1.52 bits per heavy atom. The number of rotatable bonds is 4. The first-order valence-corrected chi connectivity index (χ1v) is 7.53. The monoisotopic (exact) mass is 372 g/mol. The number of carbonyl (C=O) groups is 2. The molecule has 0 aliphatic carbocycles. The number of ether oxygens (including phenoxy) is 1. The predicted octanol–water partition coefficient (Wildman–Crippen LogP) is 4.37. The smallest absolute Gasteiger partial charge is 0.326 e. The van der Waals surface area contributed by atoms with Gasteiger partial charge in [-0.15, -0.1) is 0 Å². The lowest BCUT2D eigenvalue weighted by Crippen LogP contribution is -2.37. The molecule has 0 radical (unpaired) electrons.